The van der Waals surface area contributed by atoms with Crippen LogP contribution in [0.15, 0.2) is 28.7 Å². The lowest BCUT2D eigenvalue weighted by Crippen LogP contribution is -1.98. The summed E-state index contributed by atoms with van der Waals surface area (Å²) in [7, 11) is 0. The van der Waals surface area contributed by atoms with Crippen LogP contribution in [0.4, 0.5) is 0 Å². The van der Waals surface area contributed by atoms with Crippen LogP contribution in [-0.4, -0.2) is 14.9 Å². The molecule has 3 nitrogen and oxygen atoms in total. The van der Waals surface area contributed by atoms with Crippen LogP contribution >= 0.6 is 15.9 Å². The fourth-order valence-electron chi connectivity index (χ4n) is 1.49. The molecule has 15 heavy (non-hydrogen) atoms. The van der Waals surface area contributed by atoms with Gasteiger partial charge < -0.3 is 5.11 Å². The van der Waals surface area contributed by atoms with Crippen LogP contribution in [0.1, 0.15) is 11.4 Å². The molecule has 78 valence electrons. The third-order valence-electron chi connectivity index (χ3n) is 2.31. The number of rotatable bonds is 1. The summed E-state index contributed by atoms with van der Waals surface area (Å²) in [5.41, 5.74) is 2.34. The van der Waals surface area contributed by atoms with Crippen molar-refractivity contribution in [3.8, 4) is 11.4 Å². The van der Waals surface area contributed by atoms with E-state index in [1.54, 1.807) is 11.6 Å². The zero-order chi connectivity index (χ0) is 11.0. The molecule has 1 aromatic carbocycles. The minimum atomic E-state index is 0.259. The molecular weight excluding hydrogens is 256 g/mol. The second-order valence-electron chi connectivity index (χ2n) is 3.41. The van der Waals surface area contributed by atoms with Gasteiger partial charge in [0.1, 0.15) is 5.69 Å². The van der Waals surface area contributed by atoms with Gasteiger partial charge >= 0.3 is 0 Å². The molecule has 0 aliphatic carbocycles. The average Bonchev–Trinajstić information content (AvgIpc) is 2.46. The molecule has 0 bridgehead atoms. The summed E-state index contributed by atoms with van der Waals surface area (Å²) in [4.78, 5) is 0. The van der Waals surface area contributed by atoms with Gasteiger partial charge in [0.15, 0.2) is 5.75 Å². The Morgan fingerprint density at radius 3 is 2.60 bits per heavy atom. The van der Waals surface area contributed by atoms with Crippen LogP contribution in [0, 0.1) is 13.8 Å². The Morgan fingerprint density at radius 1 is 1.33 bits per heavy atom. The predicted molar refractivity (Wildman–Crippen MR) is 62.4 cm³/mol. The normalized spacial score (nSPS) is 10.6. The van der Waals surface area contributed by atoms with Gasteiger partial charge in [-0.15, -0.1) is 0 Å². The van der Waals surface area contributed by atoms with Crippen LogP contribution in [0.25, 0.3) is 5.69 Å². The van der Waals surface area contributed by atoms with Crippen molar-refractivity contribution in [2.75, 3.05) is 0 Å². The molecule has 2 aromatic rings. The minimum absolute atomic E-state index is 0.259. The van der Waals surface area contributed by atoms with Crippen LogP contribution in [-0.2, 0) is 0 Å². The van der Waals surface area contributed by atoms with E-state index >= 15 is 0 Å². The van der Waals surface area contributed by atoms with E-state index in [1.165, 1.54) is 0 Å². The molecule has 0 aliphatic rings. The van der Waals surface area contributed by atoms with Crippen molar-refractivity contribution in [3.63, 3.8) is 0 Å². The first kappa shape index (κ1) is 10.2. The lowest BCUT2D eigenvalue weighted by atomic mass is 10.3. The number of aromatic hydroxyl groups is 1. The van der Waals surface area contributed by atoms with Crippen LogP contribution in [0.5, 0.6) is 5.75 Å². The van der Waals surface area contributed by atoms with E-state index in [-0.39, 0.29) is 5.75 Å². The largest absolute Gasteiger partial charge is 0.504 e. The summed E-state index contributed by atoms with van der Waals surface area (Å²) in [5.74, 6) is 0.259. The highest BCUT2D eigenvalue weighted by atomic mass is 79.9. The summed E-state index contributed by atoms with van der Waals surface area (Å²) < 4.78 is 2.72. The highest BCUT2D eigenvalue weighted by molar-refractivity contribution is 9.10. The maximum Gasteiger partial charge on any atom is 0.159 e. The third kappa shape index (κ3) is 1.77. The van der Waals surface area contributed by atoms with E-state index in [2.05, 4.69) is 21.0 Å². The Balaban J connectivity index is 2.59. The van der Waals surface area contributed by atoms with Crippen LogP contribution in [0.2, 0.25) is 0 Å². The second kappa shape index (κ2) is 3.70. The number of halogens is 1. The van der Waals surface area contributed by atoms with Gasteiger partial charge in [0.25, 0.3) is 0 Å². The summed E-state index contributed by atoms with van der Waals surface area (Å²) in [6.45, 7) is 3.63. The molecule has 1 aromatic heterocycles. The van der Waals surface area contributed by atoms with Gasteiger partial charge in [-0.05, 0) is 32.0 Å². The van der Waals surface area contributed by atoms with E-state index in [0.29, 0.717) is 5.69 Å². The molecular formula is C11H11BrN2O. The first-order valence-corrected chi connectivity index (χ1v) is 5.40. The Hall–Kier alpha value is -1.29. The quantitative estimate of drug-likeness (QED) is 0.862. The van der Waals surface area contributed by atoms with Gasteiger partial charge in [-0.25, -0.2) is 4.68 Å². The number of nitrogens with zero attached hydrogens (tertiary/aromatic N) is 2. The lowest BCUT2D eigenvalue weighted by molar-refractivity contribution is 0.466. The first-order valence-electron chi connectivity index (χ1n) is 4.60. The minimum Gasteiger partial charge on any atom is -0.504 e. The second-order valence-corrected chi connectivity index (χ2v) is 4.33. The van der Waals surface area contributed by atoms with Crippen LogP contribution in [0.3, 0.4) is 0 Å². The van der Waals surface area contributed by atoms with E-state index in [1.807, 2.05) is 31.2 Å². The molecule has 0 spiro atoms. The number of aromatic nitrogens is 2. The SMILES string of the molecule is Cc1nn(-c2cccc(Br)c2)c(C)c1O. The molecule has 0 aliphatic heterocycles. The average molecular weight is 267 g/mol. The van der Waals surface area contributed by atoms with Gasteiger partial charge in [0, 0.05) is 4.47 Å². The van der Waals surface area contributed by atoms with E-state index in [9.17, 15) is 5.11 Å². The first-order chi connectivity index (χ1) is 7.09. The number of hydrogen-bond acceptors (Lipinski definition) is 2. The topological polar surface area (TPSA) is 38.0 Å². The molecule has 2 rings (SSSR count). The van der Waals surface area contributed by atoms with Crippen molar-refractivity contribution >= 4 is 15.9 Å². The molecule has 0 atom stereocenters. The fraction of sp³-hybridized carbons (Fsp3) is 0.182. The molecule has 0 unspecified atom stereocenters. The lowest BCUT2D eigenvalue weighted by Gasteiger charge is -2.03. The van der Waals surface area contributed by atoms with Crippen molar-refractivity contribution in [2.24, 2.45) is 0 Å². The molecule has 0 saturated heterocycles. The maximum absolute atomic E-state index is 9.66. The van der Waals surface area contributed by atoms with Gasteiger partial charge in [0.2, 0.25) is 0 Å². The summed E-state index contributed by atoms with van der Waals surface area (Å²) in [6, 6.07) is 7.80. The fourth-order valence-corrected chi connectivity index (χ4v) is 1.88. The zero-order valence-electron chi connectivity index (χ0n) is 8.53. The molecule has 4 heteroatoms. The van der Waals surface area contributed by atoms with E-state index in [4.69, 9.17) is 0 Å². The van der Waals surface area contributed by atoms with Gasteiger partial charge in [0.05, 0.1) is 11.4 Å². The summed E-state index contributed by atoms with van der Waals surface area (Å²) in [5, 5.41) is 13.9. The van der Waals surface area contributed by atoms with Gasteiger partial charge in [-0.1, -0.05) is 22.0 Å². The number of hydrogen-bond donors (Lipinski definition) is 1. The molecule has 0 fully saturated rings. The molecule has 1 N–H and O–H groups in total. The Kier molecular flexibility index (Phi) is 2.52. The van der Waals surface area contributed by atoms with Crippen molar-refractivity contribution in [1.82, 2.24) is 9.78 Å². The summed E-state index contributed by atoms with van der Waals surface area (Å²) >= 11 is 3.41. The van der Waals surface area contributed by atoms with E-state index < -0.39 is 0 Å². The monoisotopic (exact) mass is 266 g/mol. The highest BCUT2D eigenvalue weighted by Gasteiger charge is 2.10. The maximum atomic E-state index is 9.66. The van der Waals surface area contributed by atoms with Crippen molar-refractivity contribution < 1.29 is 5.11 Å². The standard InChI is InChI=1S/C11H11BrN2O/c1-7-11(15)8(2)14(13-7)10-5-3-4-9(12)6-10/h3-6,15H,1-2H3. The molecule has 1 heterocycles. The highest BCUT2D eigenvalue weighted by Crippen LogP contribution is 2.24. The smallest absolute Gasteiger partial charge is 0.159 e. The third-order valence-corrected chi connectivity index (χ3v) is 2.80. The number of benzene rings is 1. The molecule has 0 radical (unpaired) electrons. The van der Waals surface area contributed by atoms with Crippen molar-refractivity contribution in [2.45, 2.75) is 13.8 Å². The Bertz CT molecular complexity index is 505. The molecule has 0 saturated carbocycles. The summed E-state index contributed by atoms with van der Waals surface area (Å²) in [6.07, 6.45) is 0. The van der Waals surface area contributed by atoms with Gasteiger partial charge in [-0.3, -0.25) is 0 Å². The number of aryl methyl sites for hydroxylation is 1. The zero-order valence-corrected chi connectivity index (χ0v) is 10.1. The Morgan fingerprint density at radius 2 is 2.07 bits per heavy atom. The van der Waals surface area contributed by atoms with Crippen molar-refractivity contribution in [3.05, 3.63) is 40.1 Å². The van der Waals surface area contributed by atoms with Crippen molar-refractivity contribution in [1.29, 1.82) is 0 Å². The Labute approximate surface area is 96.5 Å². The van der Waals surface area contributed by atoms with Crippen LogP contribution < -0.4 is 0 Å². The predicted octanol–water partition coefficient (Wildman–Crippen LogP) is 2.96. The van der Waals surface area contributed by atoms with E-state index in [0.717, 1.165) is 15.9 Å². The molecule has 0 amide bonds. The van der Waals surface area contributed by atoms with Gasteiger partial charge in [-0.2, -0.15) is 5.10 Å².